The molecule has 0 aliphatic carbocycles. The van der Waals surface area contributed by atoms with Crippen LogP contribution >= 0.6 is 0 Å². The number of aromatic nitrogens is 2. The van der Waals surface area contributed by atoms with Crippen LogP contribution in [0, 0.1) is 6.92 Å². The minimum Gasteiger partial charge on any atom is -0.495 e. The van der Waals surface area contributed by atoms with Crippen molar-refractivity contribution in [3.8, 4) is 17.2 Å². The summed E-state index contributed by atoms with van der Waals surface area (Å²) in [4.78, 5) is 16.7. The van der Waals surface area contributed by atoms with Gasteiger partial charge in [-0.3, -0.25) is 4.79 Å². The number of imidazole rings is 1. The maximum Gasteiger partial charge on any atom is 0.251 e. The molecule has 0 saturated carbocycles. The summed E-state index contributed by atoms with van der Waals surface area (Å²) in [6.07, 6.45) is 4.37. The summed E-state index contributed by atoms with van der Waals surface area (Å²) in [6, 6.07) is 13.3. The summed E-state index contributed by atoms with van der Waals surface area (Å²) in [5.41, 5.74) is 3.43. The van der Waals surface area contributed by atoms with Crippen molar-refractivity contribution < 1.29 is 14.3 Å². The Morgan fingerprint density at radius 1 is 1.21 bits per heavy atom. The van der Waals surface area contributed by atoms with E-state index in [-0.39, 0.29) is 5.91 Å². The monoisotopic (exact) mass is 379 g/mol. The zero-order valence-electron chi connectivity index (χ0n) is 16.4. The molecule has 1 amide bonds. The Labute approximate surface area is 165 Å². The van der Waals surface area contributed by atoms with E-state index in [1.165, 1.54) is 0 Å². The van der Waals surface area contributed by atoms with Gasteiger partial charge in [-0.25, -0.2) is 4.98 Å². The van der Waals surface area contributed by atoms with E-state index in [2.05, 4.69) is 10.3 Å². The molecule has 0 aliphatic heterocycles. The molecule has 0 spiro atoms. The molecule has 146 valence electrons. The molecule has 28 heavy (non-hydrogen) atoms. The van der Waals surface area contributed by atoms with Crippen LogP contribution in [-0.2, 0) is 6.42 Å². The van der Waals surface area contributed by atoms with Crippen molar-refractivity contribution in [2.75, 3.05) is 20.3 Å². The van der Waals surface area contributed by atoms with E-state index in [1.54, 1.807) is 25.6 Å². The van der Waals surface area contributed by atoms with E-state index in [9.17, 15) is 4.79 Å². The van der Waals surface area contributed by atoms with E-state index >= 15 is 0 Å². The van der Waals surface area contributed by atoms with Gasteiger partial charge in [-0.05, 0) is 56.2 Å². The van der Waals surface area contributed by atoms with Gasteiger partial charge in [0, 0.05) is 18.3 Å². The second kappa shape index (κ2) is 9.08. The predicted molar refractivity (Wildman–Crippen MR) is 109 cm³/mol. The number of nitrogens with zero attached hydrogens (tertiary/aromatic N) is 2. The van der Waals surface area contributed by atoms with Gasteiger partial charge < -0.3 is 19.4 Å². The summed E-state index contributed by atoms with van der Waals surface area (Å²) in [7, 11) is 1.59. The smallest absolute Gasteiger partial charge is 0.251 e. The molecule has 3 rings (SSSR count). The first-order valence-electron chi connectivity index (χ1n) is 9.29. The molecule has 3 aromatic rings. The number of carbonyl (C=O) groups is 1. The van der Waals surface area contributed by atoms with Crippen LogP contribution in [0.2, 0.25) is 0 Å². The summed E-state index contributed by atoms with van der Waals surface area (Å²) in [5, 5.41) is 2.96. The van der Waals surface area contributed by atoms with Gasteiger partial charge in [0.05, 0.1) is 31.4 Å². The maximum absolute atomic E-state index is 12.5. The number of methoxy groups -OCH3 is 1. The Hall–Kier alpha value is -3.28. The highest BCUT2D eigenvalue weighted by atomic mass is 16.5. The molecular formula is C22H25N3O3. The average Bonchev–Trinajstić information content (AvgIpc) is 3.14. The van der Waals surface area contributed by atoms with E-state index in [0.717, 1.165) is 29.1 Å². The van der Waals surface area contributed by atoms with Crippen LogP contribution in [0.15, 0.2) is 55.0 Å². The lowest BCUT2D eigenvalue weighted by atomic mass is 10.1. The van der Waals surface area contributed by atoms with Crippen LogP contribution < -0.4 is 14.8 Å². The predicted octanol–water partition coefficient (Wildman–Crippen LogP) is 3.56. The molecule has 0 fully saturated rings. The lowest BCUT2D eigenvalue weighted by molar-refractivity contribution is 0.0954. The Morgan fingerprint density at radius 3 is 2.79 bits per heavy atom. The van der Waals surface area contributed by atoms with Crippen molar-refractivity contribution in [1.29, 1.82) is 0 Å². The number of rotatable bonds is 8. The van der Waals surface area contributed by atoms with Crippen LogP contribution in [0.3, 0.4) is 0 Å². The Morgan fingerprint density at radius 2 is 2.07 bits per heavy atom. The quantitative estimate of drug-likeness (QED) is 0.650. The number of amides is 1. The Balaban J connectivity index is 1.63. The topological polar surface area (TPSA) is 65.4 Å². The molecular weight excluding hydrogens is 354 g/mol. The van der Waals surface area contributed by atoms with Crippen molar-refractivity contribution in [3.05, 3.63) is 71.8 Å². The molecule has 0 unspecified atom stereocenters. The molecule has 6 heteroatoms. The molecule has 2 aromatic carbocycles. The van der Waals surface area contributed by atoms with Crippen LogP contribution in [0.1, 0.15) is 28.5 Å². The van der Waals surface area contributed by atoms with E-state index in [0.29, 0.717) is 24.5 Å². The van der Waals surface area contributed by atoms with Crippen molar-refractivity contribution in [1.82, 2.24) is 14.9 Å². The van der Waals surface area contributed by atoms with Gasteiger partial charge in [0.1, 0.15) is 11.5 Å². The highest BCUT2D eigenvalue weighted by molar-refractivity contribution is 5.95. The van der Waals surface area contributed by atoms with Gasteiger partial charge in [-0.2, -0.15) is 0 Å². The van der Waals surface area contributed by atoms with Crippen molar-refractivity contribution in [2.45, 2.75) is 20.3 Å². The maximum atomic E-state index is 12.5. The number of hydrogen-bond acceptors (Lipinski definition) is 4. The highest BCUT2D eigenvalue weighted by Crippen LogP contribution is 2.24. The highest BCUT2D eigenvalue weighted by Gasteiger charge is 2.11. The first-order chi connectivity index (χ1) is 13.6. The third-order valence-corrected chi connectivity index (χ3v) is 4.34. The first kappa shape index (κ1) is 19.5. The fourth-order valence-electron chi connectivity index (χ4n) is 2.97. The molecule has 0 aliphatic rings. The Kier molecular flexibility index (Phi) is 6.32. The number of ether oxygens (including phenoxy) is 2. The number of carbonyl (C=O) groups excluding carboxylic acids is 1. The van der Waals surface area contributed by atoms with E-state index in [1.807, 2.05) is 54.9 Å². The third-order valence-electron chi connectivity index (χ3n) is 4.34. The molecule has 1 aromatic heterocycles. The summed E-state index contributed by atoms with van der Waals surface area (Å²) in [6.45, 7) is 5.06. The fraction of sp³-hybridized carbons (Fsp3) is 0.273. The minimum atomic E-state index is -0.132. The fourth-order valence-corrected chi connectivity index (χ4v) is 2.97. The number of hydrogen-bond donors (Lipinski definition) is 1. The minimum absolute atomic E-state index is 0.132. The molecule has 0 saturated heterocycles. The van der Waals surface area contributed by atoms with Crippen molar-refractivity contribution >= 4 is 5.91 Å². The average molecular weight is 379 g/mol. The van der Waals surface area contributed by atoms with Gasteiger partial charge >= 0.3 is 0 Å². The second-order valence-electron chi connectivity index (χ2n) is 6.40. The summed E-state index contributed by atoms with van der Waals surface area (Å²) in [5.74, 6) is 1.34. The number of benzene rings is 2. The largest absolute Gasteiger partial charge is 0.495 e. The molecule has 6 nitrogen and oxygen atoms in total. The van der Waals surface area contributed by atoms with Crippen molar-refractivity contribution in [2.24, 2.45) is 0 Å². The van der Waals surface area contributed by atoms with Gasteiger partial charge in [-0.15, -0.1) is 0 Å². The lowest BCUT2D eigenvalue weighted by Gasteiger charge is -2.12. The lowest BCUT2D eigenvalue weighted by Crippen LogP contribution is -2.25. The van der Waals surface area contributed by atoms with Gasteiger partial charge in [-0.1, -0.05) is 12.1 Å². The SMILES string of the molecule is CCOc1cccc(CCNC(=O)c2ccc(-n3cnc(C)c3)c(OC)c2)c1. The summed E-state index contributed by atoms with van der Waals surface area (Å²) >= 11 is 0. The van der Waals surface area contributed by atoms with Gasteiger partial charge in [0.25, 0.3) is 5.91 Å². The molecule has 1 heterocycles. The number of nitrogens with one attached hydrogen (secondary N) is 1. The zero-order chi connectivity index (χ0) is 19.9. The van der Waals surface area contributed by atoms with Gasteiger partial charge in [0.15, 0.2) is 0 Å². The molecule has 0 bridgehead atoms. The van der Waals surface area contributed by atoms with E-state index < -0.39 is 0 Å². The van der Waals surface area contributed by atoms with Gasteiger partial charge in [0.2, 0.25) is 0 Å². The zero-order valence-corrected chi connectivity index (χ0v) is 16.4. The van der Waals surface area contributed by atoms with Crippen LogP contribution in [0.5, 0.6) is 11.5 Å². The van der Waals surface area contributed by atoms with Crippen LogP contribution in [0.25, 0.3) is 5.69 Å². The molecule has 0 radical (unpaired) electrons. The normalized spacial score (nSPS) is 10.5. The van der Waals surface area contributed by atoms with Crippen LogP contribution in [0.4, 0.5) is 0 Å². The Bertz CT molecular complexity index is 950. The first-order valence-corrected chi connectivity index (χ1v) is 9.29. The van der Waals surface area contributed by atoms with E-state index in [4.69, 9.17) is 9.47 Å². The third kappa shape index (κ3) is 4.71. The molecule has 0 atom stereocenters. The van der Waals surface area contributed by atoms with Crippen molar-refractivity contribution in [3.63, 3.8) is 0 Å². The standard InChI is InChI=1S/C22H25N3O3/c1-4-28-19-7-5-6-17(12-19)10-11-23-22(26)18-8-9-20(21(13-18)27-3)25-14-16(2)24-15-25/h5-9,12-15H,4,10-11H2,1-3H3,(H,23,26). The number of aryl methyl sites for hydroxylation is 1. The molecule has 1 N–H and O–H groups in total. The van der Waals surface area contributed by atoms with Crippen LogP contribution in [-0.4, -0.2) is 35.7 Å². The summed E-state index contributed by atoms with van der Waals surface area (Å²) < 4.78 is 12.9. The second-order valence-corrected chi connectivity index (χ2v) is 6.40.